The molecule has 0 fully saturated rings. The fraction of sp³-hybridized carbons (Fsp3) is 0.133. The largest absolute Gasteiger partial charge is 0.345 e. The van der Waals surface area contributed by atoms with Crippen molar-refractivity contribution in [3.8, 4) is 11.8 Å². The van der Waals surface area contributed by atoms with Crippen LogP contribution in [0.3, 0.4) is 0 Å². The molecular formula is C15H12ClNOS. The summed E-state index contributed by atoms with van der Waals surface area (Å²) in [6, 6.07) is 11.4. The molecule has 0 atom stereocenters. The molecule has 2 aromatic rings. The summed E-state index contributed by atoms with van der Waals surface area (Å²) in [5.41, 5.74) is 1.10. The van der Waals surface area contributed by atoms with E-state index in [9.17, 15) is 4.79 Å². The van der Waals surface area contributed by atoms with E-state index in [4.69, 9.17) is 11.6 Å². The summed E-state index contributed by atoms with van der Waals surface area (Å²) in [4.78, 5) is 12.4. The molecule has 2 nitrogen and oxygen atoms in total. The highest BCUT2D eigenvalue weighted by Crippen LogP contribution is 2.10. The van der Waals surface area contributed by atoms with Gasteiger partial charge in [-0.2, -0.15) is 0 Å². The minimum atomic E-state index is -0.254. The Kier molecular flexibility index (Phi) is 5.02. The van der Waals surface area contributed by atoms with Crippen molar-refractivity contribution in [2.75, 3.05) is 6.54 Å². The molecule has 1 N–H and O–H groups in total. The van der Waals surface area contributed by atoms with Gasteiger partial charge in [0.25, 0.3) is 5.91 Å². The number of nitrogens with one attached hydrogen (secondary N) is 1. The third-order valence-corrected chi connectivity index (χ3v) is 3.43. The van der Waals surface area contributed by atoms with Crippen LogP contribution < -0.4 is 5.32 Å². The van der Waals surface area contributed by atoms with Gasteiger partial charge in [-0.15, -0.1) is 11.3 Å². The quantitative estimate of drug-likeness (QED) is 0.864. The van der Waals surface area contributed by atoms with Gasteiger partial charge in [-0.1, -0.05) is 29.8 Å². The van der Waals surface area contributed by atoms with E-state index in [-0.39, 0.29) is 5.91 Å². The second-order valence-corrected chi connectivity index (χ2v) is 5.25. The van der Waals surface area contributed by atoms with Gasteiger partial charge >= 0.3 is 0 Å². The molecule has 0 radical (unpaired) electrons. The maximum Gasteiger partial charge on any atom is 0.296 e. The normalized spacial score (nSPS) is 9.53. The molecule has 0 aliphatic carbocycles. The van der Waals surface area contributed by atoms with Crippen LogP contribution in [0.25, 0.3) is 0 Å². The molecule has 1 aromatic heterocycles. The van der Waals surface area contributed by atoms with Crippen LogP contribution in [0.15, 0.2) is 41.8 Å². The number of amides is 1. The Morgan fingerprint density at radius 3 is 2.95 bits per heavy atom. The minimum absolute atomic E-state index is 0.254. The fourth-order valence-corrected chi connectivity index (χ4v) is 2.31. The summed E-state index contributed by atoms with van der Waals surface area (Å²) in [5.74, 6) is 5.13. The van der Waals surface area contributed by atoms with Crippen LogP contribution in [0, 0.1) is 11.8 Å². The first kappa shape index (κ1) is 13.7. The zero-order valence-electron chi connectivity index (χ0n) is 10.2. The maximum absolute atomic E-state index is 11.5. The molecular weight excluding hydrogens is 278 g/mol. The van der Waals surface area contributed by atoms with Crippen molar-refractivity contribution in [3.63, 3.8) is 0 Å². The Hall–Kier alpha value is -1.76. The lowest BCUT2D eigenvalue weighted by molar-refractivity contribution is -0.115. The molecule has 0 aliphatic heterocycles. The van der Waals surface area contributed by atoms with E-state index in [0.29, 0.717) is 11.6 Å². The first-order valence-electron chi connectivity index (χ1n) is 5.82. The van der Waals surface area contributed by atoms with Crippen LogP contribution in [-0.4, -0.2) is 12.5 Å². The van der Waals surface area contributed by atoms with E-state index >= 15 is 0 Å². The third-order valence-electron chi connectivity index (χ3n) is 2.41. The molecule has 1 amide bonds. The highest BCUT2D eigenvalue weighted by atomic mass is 35.5. The van der Waals surface area contributed by atoms with Crippen molar-refractivity contribution < 1.29 is 4.79 Å². The minimum Gasteiger partial charge on any atom is -0.345 e. The molecule has 1 aromatic carbocycles. The van der Waals surface area contributed by atoms with E-state index in [1.165, 1.54) is 11.3 Å². The summed E-state index contributed by atoms with van der Waals surface area (Å²) < 4.78 is 0. The zero-order chi connectivity index (χ0) is 13.5. The number of benzene rings is 1. The van der Waals surface area contributed by atoms with Crippen LogP contribution in [0.1, 0.15) is 10.4 Å². The number of carbonyl (C=O) groups is 1. The van der Waals surface area contributed by atoms with Gasteiger partial charge in [0.15, 0.2) is 0 Å². The summed E-state index contributed by atoms with van der Waals surface area (Å²) in [6.07, 6.45) is 0.743. The molecule has 0 saturated heterocycles. The Balaban J connectivity index is 1.78. The number of halogens is 1. The number of rotatable bonds is 3. The Morgan fingerprint density at radius 2 is 2.21 bits per heavy atom. The van der Waals surface area contributed by atoms with Crippen molar-refractivity contribution >= 4 is 28.8 Å². The van der Waals surface area contributed by atoms with Crippen molar-refractivity contribution in [1.29, 1.82) is 0 Å². The van der Waals surface area contributed by atoms with Crippen LogP contribution in [0.5, 0.6) is 0 Å². The van der Waals surface area contributed by atoms with Gasteiger partial charge in [0.1, 0.15) is 0 Å². The molecule has 0 aliphatic rings. The Bertz CT molecular complexity index is 611. The highest BCUT2D eigenvalue weighted by molar-refractivity contribution is 7.10. The van der Waals surface area contributed by atoms with Crippen molar-refractivity contribution in [2.45, 2.75) is 6.42 Å². The van der Waals surface area contributed by atoms with Gasteiger partial charge in [0.2, 0.25) is 0 Å². The molecule has 1 heterocycles. The van der Waals surface area contributed by atoms with Crippen LogP contribution >= 0.6 is 22.9 Å². The van der Waals surface area contributed by atoms with Crippen LogP contribution in [0.2, 0.25) is 5.02 Å². The van der Waals surface area contributed by atoms with Gasteiger partial charge < -0.3 is 5.32 Å². The molecule has 0 saturated carbocycles. The third kappa shape index (κ3) is 4.78. The summed E-state index contributed by atoms with van der Waals surface area (Å²) in [5, 5.41) is 5.40. The SMILES string of the molecule is O=C(C#Cc1cccs1)NCCc1cccc(Cl)c1. The number of hydrogen-bond acceptors (Lipinski definition) is 2. The van der Waals surface area contributed by atoms with Crippen LogP contribution in [-0.2, 0) is 11.2 Å². The van der Waals surface area contributed by atoms with Gasteiger partial charge in [-0.05, 0) is 41.5 Å². The maximum atomic E-state index is 11.5. The number of thiophene rings is 1. The molecule has 2 rings (SSSR count). The first-order chi connectivity index (χ1) is 9.24. The monoisotopic (exact) mass is 289 g/mol. The number of carbonyl (C=O) groups excluding carboxylic acids is 1. The lowest BCUT2D eigenvalue weighted by atomic mass is 10.1. The second-order valence-electron chi connectivity index (χ2n) is 3.86. The van der Waals surface area contributed by atoms with E-state index < -0.39 is 0 Å². The zero-order valence-corrected chi connectivity index (χ0v) is 11.7. The predicted octanol–water partition coefficient (Wildman–Crippen LogP) is 3.11. The van der Waals surface area contributed by atoms with E-state index in [0.717, 1.165) is 16.9 Å². The lowest BCUT2D eigenvalue weighted by Gasteiger charge is -2.02. The smallest absolute Gasteiger partial charge is 0.296 e. The topological polar surface area (TPSA) is 29.1 Å². The molecule has 0 bridgehead atoms. The first-order valence-corrected chi connectivity index (χ1v) is 7.07. The molecule has 0 unspecified atom stereocenters. The molecule has 0 spiro atoms. The standard InChI is InChI=1S/C15H12ClNOS/c16-13-4-1-3-12(11-13)8-9-17-15(18)7-6-14-5-2-10-19-14/h1-5,10-11H,8-9H2,(H,17,18). The van der Waals surface area contributed by atoms with Gasteiger partial charge in [-0.25, -0.2) is 0 Å². The molecule has 4 heteroatoms. The van der Waals surface area contributed by atoms with E-state index in [1.54, 1.807) is 0 Å². The van der Waals surface area contributed by atoms with Crippen molar-refractivity contribution in [3.05, 3.63) is 57.2 Å². The van der Waals surface area contributed by atoms with Crippen molar-refractivity contribution in [1.82, 2.24) is 5.32 Å². The average Bonchev–Trinajstić information content (AvgIpc) is 2.89. The van der Waals surface area contributed by atoms with E-state index in [2.05, 4.69) is 17.2 Å². The molecule has 96 valence electrons. The predicted molar refractivity (Wildman–Crippen MR) is 79.4 cm³/mol. The van der Waals surface area contributed by atoms with Gasteiger partial charge in [0, 0.05) is 17.5 Å². The van der Waals surface area contributed by atoms with Gasteiger partial charge in [-0.3, -0.25) is 4.79 Å². The fourth-order valence-electron chi connectivity index (χ4n) is 1.53. The van der Waals surface area contributed by atoms with E-state index in [1.807, 2.05) is 41.8 Å². The van der Waals surface area contributed by atoms with Crippen LogP contribution in [0.4, 0.5) is 0 Å². The average molecular weight is 290 g/mol. The molecule has 19 heavy (non-hydrogen) atoms. The lowest BCUT2D eigenvalue weighted by Crippen LogP contribution is -2.23. The summed E-state index contributed by atoms with van der Waals surface area (Å²) in [6.45, 7) is 0.554. The van der Waals surface area contributed by atoms with Gasteiger partial charge in [0.05, 0.1) is 4.88 Å². The number of hydrogen-bond donors (Lipinski definition) is 1. The Labute approximate surface area is 121 Å². The summed E-state index contributed by atoms with van der Waals surface area (Å²) in [7, 11) is 0. The Morgan fingerprint density at radius 1 is 1.32 bits per heavy atom. The van der Waals surface area contributed by atoms with Crippen molar-refractivity contribution in [2.24, 2.45) is 0 Å². The highest BCUT2D eigenvalue weighted by Gasteiger charge is 1.97. The second kappa shape index (κ2) is 6.98. The summed E-state index contributed by atoms with van der Waals surface area (Å²) >= 11 is 7.40.